The Balaban J connectivity index is 2.90. The Morgan fingerprint density at radius 3 is 2.14 bits per heavy atom. The van der Waals surface area contributed by atoms with Gasteiger partial charge in [-0.05, 0) is 24.3 Å². The molecule has 0 heterocycles. The van der Waals surface area contributed by atoms with Crippen LogP contribution in [0.1, 0.15) is 10.4 Å². The van der Waals surface area contributed by atoms with Crippen molar-refractivity contribution in [3.8, 4) is 0 Å². The zero-order valence-corrected chi connectivity index (χ0v) is 8.34. The number of hydrogen-bond donors (Lipinski definition) is 2. The number of carboxylic acid groups (broad SMARTS) is 1. The zero-order chi connectivity index (χ0) is 10.8. The second-order valence-corrected chi connectivity index (χ2v) is 4.72. The number of rotatable bonds is 3. The van der Waals surface area contributed by atoms with E-state index in [-0.39, 0.29) is 11.3 Å². The lowest BCUT2D eigenvalue weighted by molar-refractivity contribution is 0.0697. The van der Waals surface area contributed by atoms with Crippen molar-refractivity contribution < 1.29 is 18.3 Å². The minimum Gasteiger partial charge on any atom is -0.478 e. The molecule has 0 fully saturated rings. The van der Waals surface area contributed by atoms with Gasteiger partial charge >= 0.3 is 15.2 Å². The number of aromatic carboxylic acids is 1. The third-order valence-corrected chi connectivity index (χ3v) is 2.08. The first-order valence-corrected chi connectivity index (χ1v) is 5.75. The average molecular weight is 236 g/mol. The molecule has 14 heavy (non-hydrogen) atoms. The van der Waals surface area contributed by atoms with E-state index >= 15 is 0 Å². The summed E-state index contributed by atoms with van der Waals surface area (Å²) >= 11 is 0. The van der Waals surface area contributed by atoms with Gasteiger partial charge in [0.15, 0.2) is 0 Å². The fourth-order valence-corrected chi connectivity index (χ4v) is 1.51. The molecule has 76 valence electrons. The number of halogens is 1. The third kappa shape index (κ3) is 3.23. The topological polar surface area (TPSA) is 83.5 Å². The smallest absolute Gasteiger partial charge is 0.335 e. The first kappa shape index (κ1) is 10.8. The summed E-state index contributed by atoms with van der Waals surface area (Å²) in [6.07, 6.45) is 0. The van der Waals surface area contributed by atoms with Crippen LogP contribution >= 0.6 is 10.7 Å². The van der Waals surface area contributed by atoms with Crippen molar-refractivity contribution >= 4 is 31.6 Å². The van der Waals surface area contributed by atoms with Gasteiger partial charge < -0.3 is 5.11 Å². The van der Waals surface area contributed by atoms with Gasteiger partial charge in [0.05, 0.1) is 5.56 Å². The van der Waals surface area contributed by atoms with E-state index in [9.17, 15) is 13.2 Å². The molecule has 1 aromatic carbocycles. The van der Waals surface area contributed by atoms with Crippen LogP contribution in [0.15, 0.2) is 24.3 Å². The fourth-order valence-electron chi connectivity index (χ4n) is 0.822. The monoisotopic (exact) mass is 235 g/mol. The van der Waals surface area contributed by atoms with E-state index in [1.165, 1.54) is 24.3 Å². The summed E-state index contributed by atoms with van der Waals surface area (Å²) in [5, 5.41) is 8.54. The molecule has 0 radical (unpaired) electrons. The maximum absolute atomic E-state index is 10.6. The summed E-state index contributed by atoms with van der Waals surface area (Å²) in [6.45, 7) is 0. The van der Waals surface area contributed by atoms with Gasteiger partial charge in [-0.15, -0.1) is 0 Å². The van der Waals surface area contributed by atoms with Gasteiger partial charge in [-0.1, -0.05) is 0 Å². The number of carboxylic acids is 1. The Kier molecular flexibility index (Phi) is 2.97. The molecule has 0 amide bonds. The van der Waals surface area contributed by atoms with Gasteiger partial charge in [-0.3, -0.25) is 4.72 Å². The van der Waals surface area contributed by atoms with Crippen LogP contribution < -0.4 is 4.72 Å². The molecule has 1 rings (SSSR count). The molecule has 0 aliphatic rings. The van der Waals surface area contributed by atoms with Crippen LogP contribution in [0.4, 0.5) is 5.69 Å². The molecular formula is C7H6ClNO4S. The Morgan fingerprint density at radius 1 is 1.29 bits per heavy atom. The first-order valence-electron chi connectivity index (χ1n) is 3.44. The first-order chi connectivity index (χ1) is 6.38. The van der Waals surface area contributed by atoms with Crippen LogP contribution in [-0.2, 0) is 9.24 Å². The van der Waals surface area contributed by atoms with Crippen LogP contribution in [0.5, 0.6) is 0 Å². The second kappa shape index (κ2) is 3.85. The molecule has 7 heteroatoms. The predicted molar refractivity (Wildman–Crippen MR) is 51.8 cm³/mol. The zero-order valence-electron chi connectivity index (χ0n) is 6.77. The lowest BCUT2D eigenvalue weighted by Crippen LogP contribution is -2.04. The maximum Gasteiger partial charge on any atom is 0.335 e. The maximum atomic E-state index is 10.6. The van der Waals surface area contributed by atoms with Crippen molar-refractivity contribution in [2.45, 2.75) is 0 Å². The highest BCUT2D eigenvalue weighted by Gasteiger charge is 2.05. The Labute approximate surface area is 84.9 Å². The highest BCUT2D eigenvalue weighted by molar-refractivity contribution is 8.14. The van der Waals surface area contributed by atoms with Crippen LogP contribution in [-0.4, -0.2) is 19.5 Å². The number of hydrogen-bond acceptors (Lipinski definition) is 3. The largest absolute Gasteiger partial charge is 0.478 e. The van der Waals surface area contributed by atoms with Crippen LogP contribution in [0.2, 0.25) is 0 Å². The summed E-state index contributed by atoms with van der Waals surface area (Å²) in [6, 6.07) is 5.16. The molecule has 0 saturated carbocycles. The van der Waals surface area contributed by atoms with Crippen molar-refractivity contribution in [3.05, 3.63) is 29.8 Å². The summed E-state index contributed by atoms with van der Waals surface area (Å²) in [5.41, 5.74) is 0.285. The molecule has 0 aromatic heterocycles. The minimum absolute atomic E-state index is 0.0718. The summed E-state index contributed by atoms with van der Waals surface area (Å²) in [4.78, 5) is 10.4. The lowest BCUT2D eigenvalue weighted by atomic mass is 10.2. The van der Waals surface area contributed by atoms with E-state index in [2.05, 4.69) is 0 Å². The van der Waals surface area contributed by atoms with E-state index in [0.717, 1.165) is 0 Å². The number of anilines is 1. The van der Waals surface area contributed by atoms with Crippen molar-refractivity contribution in [2.24, 2.45) is 0 Å². The fraction of sp³-hybridized carbons (Fsp3) is 0. The molecule has 2 N–H and O–H groups in total. The standard InChI is InChI=1S/C7H6ClNO4S/c8-14(12,13)9-6-3-1-5(2-4-6)7(10)11/h1-4,9H,(H,10,11). The minimum atomic E-state index is -3.84. The number of nitrogens with one attached hydrogen (secondary N) is 1. The van der Waals surface area contributed by atoms with Gasteiger partial charge in [0.25, 0.3) is 0 Å². The summed E-state index contributed by atoms with van der Waals surface area (Å²) in [5.74, 6) is -1.08. The van der Waals surface area contributed by atoms with E-state index in [4.69, 9.17) is 15.8 Å². The van der Waals surface area contributed by atoms with Gasteiger partial charge in [-0.2, -0.15) is 8.42 Å². The predicted octanol–water partition coefficient (Wildman–Crippen LogP) is 1.28. The molecule has 1 aromatic rings. The molecule has 0 aliphatic carbocycles. The number of benzene rings is 1. The van der Waals surface area contributed by atoms with E-state index in [1.807, 2.05) is 4.72 Å². The molecule has 0 saturated heterocycles. The Morgan fingerprint density at radius 2 is 1.79 bits per heavy atom. The third-order valence-electron chi connectivity index (χ3n) is 1.37. The van der Waals surface area contributed by atoms with Crippen molar-refractivity contribution in [1.29, 1.82) is 0 Å². The van der Waals surface area contributed by atoms with E-state index in [1.54, 1.807) is 0 Å². The molecule has 0 aliphatic heterocycles. The summed E-state index contributed by atoms with van der Waals surface area (Å²) in [7, 11) is 1.08. The van der Waals surface area contributed by atoms with Gasteiger partial charge in [-0.25, -0.2) is 4.79 Å². The molecular weight excluding hydrogens is 230 g/mol. The molecule has 0 unspecified atom stereocenters. The van der Waals surface area contributed by atoms with E-state index < -0.39 is 15.2 Å². The van der Waals surface area contributed by atoms with Crippen LogP contribution in [0.25, 0.3) is 0 Å². The van der Waals surface area contributed by atoms with Crippen LogP contribution in [0, 0.1) is 0 Å². The van der Waals surface area contributed by atoms with Crippen molar-refractivity contribution in [1.82, 2.24) is 0 Å². The Hall–Kier alpha value is -1.27. The van der Waals surface area contributed by atoms with Gasteiger partial charge in [0, 0.05) is 16.4 Å². The average Bonchev–Trinajstić information content (AvgIpc) is 2.02. The lowest BCUT2D eigenvalue weighted by Gasteiger charge is -2.01. The SMILES string of the molecule is O=C(O)c1ccc(NS(=O)(=O)Cl)cc1. The summed E-state index contributed by atoms with van der Waals surface area (Å²) < 4.78 is 23.1. The quantitative estimate of drug-likeness (QED) is 0.773. The van der Waals surface area contributed by atoms with Crippen molar-refractivity contribution in [3.63, 3.8) is 0 Å². The van der Waals surface area contributed by atoms with Gasteiger partial charge in [0.2, 0.25) is 0 Å². The van der Waals surface area contributed by atoms with Gasteiger partial charge in [0.1, 0.15) is 0 Å². The molecule has 0 bridgehead atoms. The highest BCUT2D eigenvalue weighted by Crippen LogP contribution is 2.12. The molecule has 5 nitrogen and oxygen atoms in total. The number of carbonyl (C=O) groups is 1. The van der Waals surface area contributed by atoms with Crippen LogP contribution in [0.3, 0.4) is 0 Å². The molecule has 0 atom stereocenters. The van der Waals surface area contributed by atoms with E-state index in [0.29, 0.717) is 0 Å². The second-order valence-electron chi connectivity index (χ2n) is 2.42. The Bertz CT molecular complexity index is 439. The van der Waals surface area contributed by atoms with Crippen molar-refractivity contribution in [2.75, 3.05) is 4.72 Å². The normalized spacial score (nSPS) is 10.9. The highest BCUT2D eigenvalue weighted by atomic mass is 35.7. The molecule has 0 spiro atoms.